The van der Waals surface area contributed by atoms with Crippen LogP contribution in [0.4, 0.5) is 10.6 Å². The zero-order chi connectivity index (χ0) is 14.8. The van der Waals surface area contributed by atoms with Crippen LogP contribution in [-0.2, 0) is 11.3 Å². The van der Waals surface area contributed by atoms with Crippen LogP contribution in [0.3, 0.4) is 0 Å². The van der Waals surface area contributed by atoms with Crippen LogP contribution in [0.2, 0.25) is 0 Å². The first-order chi connectivity index (χ1) is 9.40. The summed E-state index contributed by atoms with van der Waals surface area (Å²) in [5.41, 5.74) is -0.0442. The van der Waals surface area contributed by atoms with Crippen molar-refractivity contribution in [1.29, 1.82) is 0 Å². The van der Waals surface area contributed by atoms with E-state index in [2.05, 4.69) is 20.4 Å². The monoisotopic (exact) mass is 279 g/mol. The second-order valence-corrected chi connectivity index (χ2v) is 5.18. The standard InChI is InChI=1S/C12H17N5O3/c1-12(2,3)20-11(19)16-9-8-6-15-17(4-5-18)10(8)14-7-13-9/h6-7,18H,4-5H2,1-3H3,(H,13,14,16,19). The molecule has 0 spiro atoms. The van der Waals surface area contributed by atoms with Crippen molar-refractivity contribution < 1.29 is 14.6 Å². The van der Waals surface area contributed by atoms with Crippen LogP contribution in [0, 0.1) is 0 Å². The van der Waals surface area contributed by atoms with Gasteiger partial charge in [-0.05, 0) is 20.8 Å². The summed E-state index contributed by atoms with van der Waals surface area (Å²) in [7, 11) is 0. The highest BCUT2D eigenvalue weighted by molar-refractivity contribution is 5.95. The van der Waals surface area contributed by atoms with Crippen molar-refractivity contribution in [2.75, 3.05) is 11.9 Å². The highest BCUT2D eigenvalue weighted by atomic mass is 16.6. The SMILES string of the molecule is CC(C)(C)OC(=O)Nc1ncnc2c1cnn2CCO. The van der Waals surface area contributed by atoms with Crippen molar-refractivity contribution >= 4 is 22.9 Å². The van der Waals surface area contributed by atoms with Crippen molar-refractivity contribution in [3.05, 3.63) is 12.5 Å². The van der Waals surface area contributed by atoms with Crippen LogP contribution < -0.4 is 5.32 Å². The van der Waals surface area contributed by atoms with Gasteiger partial charge in [-0.3, -0.25) is 5.32 Å². The van der Waals surface area contributed by atoms with Gasteiger partial charge in [-0.2, -0.15) is 5.10 Å². The van der Waals surface area contributed by atoms with E-state index in [9.17, 15) is 4.79 Å². The number of aromatic nitrogens is 4. The Morgan fingerprint density at radius 2 is 2.20 bits per heavy atom. The molecule has 0 aliphatic rings. The molecule has 1 amide bonds. The Morgan fingerprint density at radius 1 is 1.45 bits per heavy atom. The van der Waals surface area contributed by atoms with Gasteiger partial charge in [0, 0.05) is 0 Å². The number of hydrogen-bond acceptors (Lipinski definition) is 6. The molecular formula is C12H17N5O3. The molecule has 20 heavy (non-hydrogen) atoms. The van der Waals surface area contributed by atoms with Gasteiger partial charge in [-0.25, -0.2) is 19.4 Å². The van der Waals surface area contributed by atoms with Gasteiger partial charge in [0.2, 0.25) is 0 Å². The largest absolute Gasteiger partial charge is 0.444 e. The van der Waals surface area contributed by atoms with E-state index in [-0.39, 0.29) is 6.61 Å². The third-order valence-corrected chi connectivity index (χ3v) is 2.36. The average Bonchev–Trinajstić information content (AvgIpc) is 2.72. The number of aliphatic hydroxyl groups excluding tert-OH is 1. The van der Waals surface area contributed by atoms with E-state index in [4.69, 9.17) is 9.84 Å². The molecule has 108 valence electrons. The summed E-state index contributed by atoms with van der Waals surface area (Å²) in [5.74, 6) is 0.327. The van der Waals surface area contributed by atoms with E-state index >= 15 is 0 Å². The molecule has 0 aliphatic carbocycles. The maximum atomic E-state index is 11.7. The lowest BCUT2D eigenvalue weighted by Gasteiger charge is -2.19. The molecule has 0 saturated carbocycles. The fourth-order valence-corrected chi connectivity index (χ4v) is 1.65. The molecule has 0 radical (unpaired) electrons. The molecule has 0 atom stereocenters. The van der Waals surface area contributed by atoms with E-state index in [1.54, 1.807) is 20.8 Å². The highest BCUT2D eigenvalue weighted by Crippen LogP contribution is 2.19. The van der Waals surface area contributed by atoms with Gasteiger partial charge in [0.25, 0.3) is 0 Å². The summed E-state index contributed by atoms with van der Waals surface area (Å²) in [6.07, 6.45) is 2.27. The summed E-state index contributed by atoms with van der Waals surface area (Å²) < 4.78 is 6.71. The Hall–Kier alpha value is -2.22. The highest BCUT2D eigenvalue weighted by Gasteiger charge is 2.18. The van der Waals surface area contributed by atoms with Gasteiger partial charge < -0.3 is 9.84 Å². The predicted octanol–water partition coefficient (Wildman–Crippen LogP) is 1.17. The number of nitrogens with one attached hydrogen (secondary N) is 1. The average molecular weight is 279 g/mol. The van der Waals surface area contributed by atoms with E-state index in [0.29, 0.717) is 23.4 Å². The van der Waals surface area contributed by atoms with Crippen LogP contribution >= 0.6 is 0 Å². The smallest absolute Gasteiger partial charge is 0.413 e. The molecule has 8 nitrogen and oxygen atoms in total. The second kappa shape index (κ2) is 5.41. The molecule has 0 fully saturated rings. The number of carbonyl (C=O) groups excluding carboxylic acids is 1. The first-order valence-corrected chi connectivity index (χ1v) is 6.18. The number of hydrogen-bond donors (Lipinski definition) is 2. The normalized spacial score (nSPS) is 11.6. The minimum atomic E-state index is -0.590. The molecular weight excluding hydrogens is 262 g/mol. The molecule has 2 aromatic heterocycles. The third-order valence-electron chi connectivity index (χ3n) is 2.36. The van der Waals surface area contributed by atoms with Gasteiger partial charge in [-0.1, -0.05) is 0 Å². The van der Waals surface area contributed by atoms with Crippen LogP contribution in [0.1, 0.15) is 20.8 Å². The van der Waals surface area contributed by atoms with E-state index in [0.717, 1.165) is 0 Å². The summed E-state index contributed by atoms with van der Waals surface area (Å²) in [4.78, 5) is 19.8. The van der Waals surface area contributed by atoms with Gasteiger partial charge in [0.05, 0.1) is 24.7 Å². The molecule has 0 saturated heterocycles. The Kier molecular flexibility index (Phi) is 3.84. The van der Waals surface area contributed by atoms with Gasteiger partial charge >= 0.3 is 6.09 Å². The van der Waals surface area contributed by atoms with Gasteiger partial charge in [0.1, 0.15) is 17.7 Å². The zero-order valence-electron chi connectivity index (χ0n) is 11.6. The minimum Gasteiger partial charge on any atom is -0.444 e. The summed E-state index contributed by atoms with van der Waals surface area (Å²) in [6, 6.07) is 0. The van der Waals surface area contributed by atoms with E-state index < -0.39 is 11.7 Å². The number of nitrogens with zero attached hydrogens (tertiary/aromatic N) is 4. The fourth-order valence-electron chi connectivity index (χ4n) is 1.65. The molecule has 0 aromatic carbocycles. The molecule has 2 aromatic rings. The Bertz CT molecular complexity index is 617. The molecule has 8 heteroatoms. The minimum absolute atomic E-state index is 0.0460. The number of aliphatic hydroxyl groups is 1. The molecule has 0 aliphatic heterocycles. The van der Waals surface area contributed by atoms with Gasteiger partial charge in [-0.15, -0.1) is 0 Å². The quantitative estimate of drug-likeness (QED) is 0.874. The summed E-state index contributed by atoms with van der Waals surface area (Å²) in [5, 5.41) is 16.2. The van der Waals surface area contributed by atoms with Crippen molar-refractivity contribution in [3.63, 3.8) is 0 Å². The predicted molar refractivity (Wildman–Crippen MR) is 72.3 cm³/mol. The molecule has 2 rings (SSSR count). The first kappa shape index (κ1) is 14.2. The maximum Gasteiger partial charge on any atom is 0.413 e. The van der Waals surface area contributed by atoms with Crippen LogP contribution in [0.25, 0.3) is 11.0 Å². The van der Waals surface area contributed by atoms with E-state index in [1.165, 1.54) is 17.2 Å². The molecule has 2 N–H and O–H groups in total. The van der Waals surface area contributed by atoms with Crippen molar-refractivity contribution in [1.82, 2.24) is 19.7 Å². The van der Waals surface area contributed by atoms with Crippen molar-refractivity contribution in [2.45, 2.75) is 32.9 Å². The summed E-state index contributed by atoms with van der Waals surface area (Å²) >= 11 is 0. The van der Waals surface area contributed by atoms with Crippen molar-refractivity contribution in [2.24, 2.45) is 0 Å². The van der Waals surface area contributed by atoms with Gasteiger partial charge in [0.15, 0.2) is 5.65 Å². The number of carbonyl (C=O) groups is 1. The lowest BCUT2D eigenvalue weighted by molar-refractivity contribution is 0.0635. The fraction of sp³-hybridized carbons (Fsp3) is 0.500. The molecule has 2 heterocycles. The molecule has 0 bridgehead atoms. The van der Waals surface area contributed by atoms with Crippen LogP contribution in [-0.4, -0.2) is 43.2 Å². The number of fused-ring (bicyclic) bond motifs is 1. The lowest BCUT2D eigenvalue weighted by atomic mass is 10.2. The number of anilines is 1. The van der Waals surface area contributed by atoms with Crippen LogP contribution in [0.15, 0.2) is 12.5 Å². The maximum absolute atomic E-state index is 11.7. The lowest BCUT2D eigenvalue weighted by Crippen LogP contribution is -2.27. The Morgan fingerprint density at radius 3 is 2.85 bits per heavy atom. The number of rotatable bonds is 3. The number of ether oxygens (including phenoxy) is 1. The van der Waals surface area contributed by atoms with Crippen LogP contribution in [0.5, 0.6) is 0 Å². The molecule has 0 unspecified atom stereocenters. The Labute approximate surface area is 115 Å². The Balaban J connectivity index is 2.25. The third kappa shape index (κ3) is 3.21. The summed E-state index contributed by atoms with van der Waals surface area (Å²) in [6.45, 7) is 5.62. The van der Waals surface area contributed by atoms with E-state index in [1.807, 2.05) is 0 Å². The van der Waals surface area contributed by atoms with Crippen molar-refractivity contribution in [3.8, 4) is 0 Å². The first-order valence-electron chi connectivity index (χ1n) is 6.18. The zero-order valence-corrected chi connectivity index (χ0v) is 11.6. The second-order valence-electron chi connectivity index (χ2n) is 5.18. The topological polar surface area (TPSA) is 102 Å². The number of amides is 1.